The zero-order chi connectivity index (χ0) is 15.0. The molecule has 1 heterocycles. The summed E-state index contributed by atoms with van der Waals surface area (Å²) < 4.78 is 60.1. The van der Waals surface area contributed by atoms with E-state index in [4.69, 9.17) is 0 Å². The maximum atomic E-state index is 12.5. The topological polar surface area (TPSA) is 59.9 Å². The predicted molar refractivity (Wildman–Crippen MR) is 65.6 cm³/mol. The lowest BCUT2D eigenvalue weighted by Gasteiger charge is -2.07. The number of rotatable bonds is 2. The molecule has 0 saturated carbocycles. The van der Waals surface area contributed by atoms with Gasteiger partial charge in [0.2, 0.25) is 5.82 Å². The second kappa shape index (κ2) is 4.86. The van der Waals surface area contributed by atoms with E-state index in [1.807, 2.05) is 0 Å². The highest BCUT2D eigenvalue weighted by atomic mass is 32.2. The van der Waals surface area contributed by atoms with Crippen LogP contribution in [-0.2, 0) is 16.0 Å². The van der Waals surface area contributed by atoms with E-state index in [0.717, 1.165) is 12.5 Å². The number of benzene rings is 1. The summed E-state index contributed by atoms with van der Waals surface area (Å²) in [6, 6.07) is 6.77. The maximum Gasteiger partial charge on any atom is 0.451 e. The molecule has 0 spiro atoms. The Bertz CT molecular complexity index is 725. The normalized spacial score (nSPS) is 12.4. The number of halogens is 3. The van der Waals surface area contributed by atoms with E-state index in [9.17, 15) is 21.6 Å². The molecule has 1 aromatic carbocycles. The molecule has 106 valence electrons. The van der Waals surface area contributed by atoms with E-state index in [1.54, 1.807) is 0 Å². The molecule has 0 atom stereocenters. The summed E-state index contributed by atoms with van der Waals surface area (Å²) in [6.45, 7) is 0. The Labute approximate surface area is 113 Å². The van der Waals surface area contributed by atoms with Crippen molar-refractivity contribution in [1.82, 2.24) is 9.97 Å². The summed E-state index contributed by atoms with van der Waals surface area (Å²) in [5.74, 6) is -1.23. The van der Waals surface area contributed by atoms with Gasteiger partial charge in [0.1, 0.15) is 0 Å². The van der Waals surface area contributed by atoms with Crippen LogP contribution in [0.3, 0.4) is 0 Å². The first-order chi connectivity index (χ1) is 9.18. The Morgan fingerprint density at radius 1 is 1.05 bits per heavy atom. The van der Waals surface area contributed by atoms with Crippen molar-refractivity contribution in [3.05, 3.63) is 42.4 Å². The largest absolute Gasteiger partial charge is 0.451 e. The standard InChI is InChI=1S/C12H9F3N2O2S/c1-20(18,19)9-4-2-8(3-5-9)10-6-7-16-11(17-10)12(13,14)15/h2-7H,1H3. The van der Waals surface area contributed by atoms with Crippen LogP contribution in [0.15, 0.2) is 41.4 Å². The van der Waals surface area contributed by atoms with Crippen molar-refractivity contribution in [2.45, 2.75) is 11.1 Å². The number of hydrogen-bond donors (Lipinski definition) is 0. The van der Waals surface area contributed by atoms with E-state index >= 15 is 0 Å². The fourth-order valence-corrected chi connectivity index (χ4v) is 2.16. The van der Waals surface area contributed by atoms with Crippen LogP contribution in [0.25, 0.3) is 11.3 Å². The molecule has 0 N–H and O–H groups in total. The smallest absolute Gasteiger partial charge is 0.233 e. The highest BCUT2D eigenvalue weighted by Gasteiger charge is 2.34. The molecule has 1 aromatic heterocycles. The van der Waals surface area contributed by atoms with Gasteiger partial charge in [-0.05, 0) is 18.2 Å². The molecule has 0 amide bonds. The molecule has 0 aliphatic rings. The van der Waals surface area contributed by atoms with Gasteiger partial charge < -0.3 is 0 Å². The average molecular weight is 302 g/mol. The van der Waals surface area contributed by atoms with Crippen LogP contribution in [0, 0.1) is 0 Å². The second-order valence-corrected chi connectivity index (χ2v) is 6.08. The fraction of sp³-hybridized carbons (Fsp3) is 0.167. The Balaban J connectivity index is 2.43. The van der Waals surface area contributed by atoms with Crippen molar-refractivity contribution in [2.24, 2.45) is 0 Å². The third-order valence-electron chi connectivity index (χ3n) is 2.49. The van der Waals surface area contributed by atoms with Crippen molar-refractivity contribution in [3.8, 4) is 11.3 Å². The number of nitrogens with zero attached hydrogens (tertiary/aromatic N) is 2. The molecule has 0 aliphatic heterocycles. The molecule has 2 aromatic rings. The summed E-state index contributed by atoms with van der Waals surface area (Å²) in [7, 11) is -3.35. The molecule has 0 radical (unpaired) electrons. The Hall–Kier alpha value is -1.96. The van der Waals surface area contributed by atoms with Crippen LogP contribution in [0.2, 0.25) is 0 Å². The lowest BCUT2D eigenvalue weighted by atomic mass is 10.1. The maximum absolute atomic E-state index is 12.5. The minimum atomic E-state index is -4.62. The zero-order valence-electron chi connectivity index (χ0n) is 10.2. The van der Waals surface area contributed by atoms with Crippen molar-refractivity contribution in [3.63, 3.8) is 0 Å². The first-order valence-corrected chi connectivity index (χ1v) is 7.28. The van der Waals surface area contributed by atoms with Gasteiger partial charge >= 0.3 is 6.18 Å². The minimum Gasteiger partial charge on any atom is -0.233 e. The summed E-state index contributed by atoms with van der Waals surface area (Å²) in [6.07, 6.45) is -2.56. The zero-order valence-corrected chi connectivity index (χ0v) is 11.0. The molecular weight excluding hydrogens is 293 g/mol. The monoisotopic (exact) mass is 302 g/mol. The van der Waals surface area contributed by atoms with Crippen LogP contribution in [0.4, 0.5) is 13.2 Å². The van der Waals surface area contributed by atoms with Crippen molar-refractivity contribution in [1.29, 1.82) is 0 Å². The molecule has 0 aliphatic carbocycles. The van der Waals surface area contributed by atoms with Gasteiger partial charge in [0, 0.05) is 18.0 Å². The van der Waals surface area contributed by atoms with Gasteiger partial charge in [0.05, 0.1) is 10.6 Å². The first-order valence-electron chi connectivity index (χ1n) is 5.39. The van der Waals surface area contributed by atoms with E-state index < -0.39 is 21.8 Å². The molecule has 0 fully saturated rings. The van der Waals surface area contributed by atoms with Crippen LogP contribution in [-0.4, -0.2) is 24.6 Å². The van der Waals surface area contributed by atoms with Crippen LogP contribution in [0.5, 0.6) is 0 Å². The molecule has 0 bridgehead atoms. The Morgan fingerprint density at radius 2 is 1.65 bits per heavy atom. The number of sulfone groups is 1. The number of hydrogen-bond acceptors (Lipinski definition) is 4. The average Bonchev–Trinajstić information content (AvgIpc) is 2.37. The SMILES string of the molecule is CS(=O)(=O)c1ccc(-c2ccnc(C(F)(F)F)n2)cc1. The van der Waals surface area contributed by atoms with Gasteiger partial charge in [0.15, 0.2) is 9.84 Å². The lowest BCUT2D eigenvalue weighted by molar-refractivity contribution is -0.144. The van der Waals surface area contributed by atoms with Crippen molar-refractivity contribution in [2.75, 3.05) is 6.26 Å². The lowest BCUT2D eigenvalue weighted by Crippen LogP contribution is -2.10. The quantitative estimate of drug-likeness (QED) is 0.855. The third-order valence-corrected chi connectivity index (χ3v) is 3.62. The van der Waals surface area contributed by atoms with Crippen LogP contribution < -0.4 is 0 Å². The molecular formula is C12H9F3N2O2S. The van der Waals surface area contributed by atoms with E-state index in [0.29, 0.717) is 5.56 Å². The molecule has 4 nitrogen and oxygen atoms in total. The van der Waals surface area contributed by atoms with Crippen molar-refractivity contribution >= 4 is 9.84 Å². The summed E-state index contributed by atoms with van der Waals surface area (Å²) in [5.41, 5.74) is 0.456. The van der Waals surface area contributed by atoms with Crippen LogP contribution >= 0.6 is 0 Å². The van der Waals surface area contributed by atoms with Gasteiger partial charge in [-0.1, -0.05) is 12.1 Å². The third kappa shape index (κ3) is 3.13. The molecule has 20 heavy (non-hydrogen) atoms. The number of alkyl halides is 3. The minimum absolute atomic E-state index is 0.0763. The molecule has 0 unspecified atom stereocenters. The van der Waals surface area contributed by atoms with Gasteiger partial charge in [-0.15, -0.1) is 0 Å². The molecule has 2 rings (SSSR count). The first kappa shape index (κ1) is 14.4. The summed E-state index contributed by atoms with van der Waals surface area (Å²) in [4.78, 5) is 6.67. The fourth-order valence-electron chi connectivity index (χ4n) is 1.53. The highest BCUT2D eigenvalue weighted by Crippen LogP contribution is 2.27. The number of aromatic nitrogens is 2. The van der Waals surface area contributed by atoms with Gasteiger partial charge in [-0.25, -0.2) is 18.4 Å². The van der Waals surface area contributed by atoms with E-state index in [1.165, 1.54) is 30.3 Å². The highest BCUT2D eigenvalue weighted by molar-refractivity contribution is 7.90. The summed E-state index contributed by atoms with van der Waals surface area (Å²) >= 11 is 0. The van der Waals surface area contributed by atoms with Crippen molar-refractivity contribution < 1.29 is 21.6 Å². The predicted octanol–water partition coefficient (Wildman–Crippen LogP) is 2.57. The molecule has 8 heteroatoms. The summed E-state index contributed by atoms with van der Waals surface area (Å²) in [5, 5.41) is 0. The van der Waals surface area contributed by atoms with E-state index in [2.05, 4.69) is 9.97 Å². The molecule has 0 saturated heterocycles. The van der Waals surface area contributed by atoms with Crippen LogP contribution in [0.1, 0.15) is 5.82 Å². The van der Waals surface area contributed by atoms with Gasteiger partial charge in [-0.2, -0.15) is 13.2 Å². The second-order valence-electron chi connectivity index (χ2n) is 4.06. The van der Waals surface area contributed by atoms with Gasteiger partial charge in [-0.3, -0.25) is 0 Å². The van der Waals surface area contributed by atoms with E-state index in [-0.39, 0.29) is 10.6 Å². The Morgan fingerprint density at radius 3 is 2.15 bits per heavy atom. The Kier molecular flexibility index (Phi) is 3.51. The van der Waals surface area contributed by atoms with Gasteiger partial charge in [0.25, 0.3) is 0 Å².